The van der Waals surface area contributed by atoms with Crippen LogP contribution < -0.4 is 0 Å². The van der Waals surface area contributed by atoms with Crippen molar-refractivity contribution in [1.29, 1.82) is 0 Å². The monoisotopic (exact) mass is 652 g/mol. The summed E-state index contributed by atoms with van der Waals surface area (Å²) < 4.78 is 11.4. The van der Waals surface area contributed by atoms with E-state index in [1.807, 2.05) is 48.5 Å². The van der Waals surface area contributed by atoms with Crippen molar-refractivity contribution in [3.05, 3.63) is 170 Å². The molecule has 11 rings (SSSR count). The van der Waals surface area contributed by atoms with Gasteiger partial charge in [0.15, 0.2) is 11.4 Å². The maximum atomic E-state index is 6.70. The first kappa shape index (κ1) is 27.9. The van der Waals surface area contributed by atoms with E-state index in [0.29, 0.717) is 11.4 Å². The van der Waals surface area contributed by atoms with Crippen LogP contribution in [0.4, 0.5) is 0 Å². The molecule has 0 saturated heterocycles. The number of fused-ring (bicyclic) bond motifs is 9. The first-order chi connectivity index (χ1) is 25.3. The molecule has 238 valence electrons. The lowest BCUT2D eigenvalue weighted by Gasteiger charge is -2.10. The van der Waals surface area contributed by atoms with Crippen molar-refractivity contribution in [2.45, 2.75) is 0 Å². The third kappa shape index (κ3) is 4.15. The van der Waals surface area contributed by atoms with E-state index in [1.54, 1.807) is 0 Å². The molecule has 4 aromatic heterocycles. The molecule has 0 spiro atoms. The molecule has 5 nitrogen and oxygen atoms in total. The number of para-hydroxylation sites is 3. The van der Waals surface area contributed by atoms with Crippen LogP contribution in [0.2, 0.25) is 0 Å². The van der Waals surface area contributed by atoms with E-state index in [0.717, 1.165) is 55.7 Å². The Morgan fingerprint density at radius 2 is 0.902 bits per heavy atom. The van der Waals surface area contributed by atoms with Crippen LogP contribution in [0.25, 0.3) is 99.7 Å². The standard InChI is InChI=1S/C46H28N4O/c1-3-13-29(14-4-1)43-45-44(48-46(47-43)30-15-5-2-6-16-30)36-25-23-32(28-42(36)51-45)50-40-22-12-9-19-35(40)37-27-31(24-26-41(37)50)49-38-20-10-7-17-33(38)34-18-8-11-21-39(34)49/h1-28H. The number of hydrogen-bond donors (Lipinski definition) is 0. The van der Waals surface area contributed by atoms with Gasteiger partial charge in [-0.15, -0.1) is 0 Å². The minimum absolute atomic E-state index is 0.676. The highest BCUT2D eigenvalue weighted by molar-refractivity contribution is 6.13. The van der Waals surface area contributed by atoms with Gasteiger partial charge in [-0.25, -0.2) is 9.97 Å². The van der Waals surface area contributed by atoms with Crippen LogP contribution in [-0.2, 0) is 0 Å². The molecule has 0 unspecified atom stereocenters. The van der Waals surface area contributed by atoms with Crippen LogP contribution in [0.5, 0.6) is 0 Å². The first-order valence-corrected chi connectivity index (χ1v) is 17.2. The summed E-state index contributed by atoms with van der Waals surface area (Å²) in [5, 5.41) is 5.86. The van der Waals surface area contributed by atoms with E-state index in [4.69, 9.17) is 14.4 Å². The highest BCUT2D eigenvalue weighted by atomic mass is 16.3. The van der Waals surface area contributed by atoms with Crippen molar-refractivity contribution in [1.82, 2.24) is 19.1 Å². The lowest BCUT2D eigenvalue weighted by atomic mass is 10.1. The fraction of sp³-hybridized carbons (Fsp3) is 0. The molecule has 0 saturated carbocycles. The second-order valence-electron chi connectivity index (χ2n) is 13.0. The third-order valence-electron chi connectivity index (χ3n) is 10.1. The van der Waals surface area contributed by atoms with Gasteiger partial charge in [0, 0.05) is 55.5 Å². The van der Waals surface area contributed by atoms with Gasteiger partial charge < -0.3 is 13.6 Å². The second-order valence-corrected chi connectivity index (χ2v) is 13.0. The first-order valence-electron chi connectivity index (χ1n) is 17.2. The van der Waals surface area contributed by atoms with Crippen molar-refractivity contribution in [2.75, 3.05) is 0 Å². The lowest BCUT2D eigenvalue weighted by Crippen LogP contribution is -1.95. The molecule has 11 aromatic rings. The number of aromatic nitrogens is 4. The molecular weight excluding hydrogens is 625 g/mol. The van der Waals surface area contributed by atoms with Crippen molar-refractivity contribution < 1.29 is 4.42 Å². The summed E-state index contributed by atoms with van der Waals surface area (Å²) >= 11 is 0. The van der Waals surface area contributed by atoms with E-state index in [9.17, 15) is 0 Å². The summed E-state index contributed by atoms with van der Waals surface area (Å²) in [6.45, 7) is 0. The zero-order valence-corrected chi connectivity index (χ0v) is 27.4. The highest BCUT2D eigenvalue weighted by Gasteiger charge is 2.20. The summed E-state index contributed by atoms with van der Waals surface area (Å²) in [7, 11) is 0. The minimum Gasteiger partial charge on any atom is -0.452 e. The zero-order chi connectivity index (χ0) is 33.5. The molecule has 7 aromatic carbocycles. The molecule has 5 heteroatoms. The fourth-order valence-electron chi connectivity index (χ4n) is 7.86. The Kier molecular flexibility index (Phi) is 5.89. The molecule has 0 fully saturated rings. The normalized spacial score (nSPS) is 11.9. The highest BCUT2D eigenvalue weighted by Crippen LogP contribution is 2.40. The van der Waals surface area contributed by atoms with Crippen LogP contribution >= 0.6 is 0 Å². The van der Waals surface area contributed by atoms with Crippen LogP contribution in [0.3, 0.4) is 0 Å². The maximum absolute atomic E-state index is 6.70. The van der Waals surface area contributed by atoms with Crippen molar-refractivity contribution in [3.63, 3.8) is 0 Å². The van der Waals surface area contributed by atoms with E-state index < -0.39 is 0 Å². The van der Waals surface area contributed by atoms with Gasteiger partial charge in [0.1, 0.15) is 16.8 Å². The minimum atomic E-state index is 0.676. The summed E-state index contributed by atoms with van der Waals surface area (Å²) in [4.78, 5) is 10.1. The van der Waals surface area contributed by atoms with Gasteiger partial charge >= 0.3 is 0 Å². The molecule has 0 amide bonds. The Morgan fingerprint density at radius 1 is 0.392 bits per heavy atom. The molecule has 0 bridgehead atoms. The molecule has 51 heavy (non-hydrogen) atoms. The van der Waals surface area contributed by atoms with Crippen LogP contribution in [0.15, 0.2) is 174 Å². The van der Waals surface area contributed by atoms with Crippen LogP contribution in [0.1, 0.15) is 0 Å². The van der Waals surface area contributed by atoms with Crippen molar-refractivity contribution >= 4 is 65.7 Å². The summed E-state index contributed by atoms with van der Waals surface area (Å²) in [6.07, 6.45) is 0. The lowest BCUT2D eigenvalue weighted by molar-refractivity contribution is 0.667. The van der Waals surface area contributed by atoms with Crippen molar-refractivity contribution in [2.24, 2.45) is 0 Å². The number of benzene rings is 7. The summed E-state index contributed by atoms with van der Waals surface area (Å²) in [6, 6.07) is 59.6. The Hall–Kier alpha value is -6.98. The van der Waals surface area contributed by atoms with Gasteiger partial charge in [0.25, 0.3) is 0 Å². The Morgan fingerprint density at radius 3 is 1.55 bits per heavy atom. The van der Waals surface area contributed by atoms with E-state index in [2.05, 4.69) is 130 Å². The molecule has 0 aliphatic heterocycles. The molecule has 0 atom stereocenters. The predicted octanol–water partition coefficient (Wildman–Crippen LogP) is 11.9. The molecule has 0 aliphatic rings. The Bertz CT molecular complexity index is 3080. The molecule has 0 N–H and O–H groups in total. The second kappa shape index (κ2) is 10.8. The number of hydrogen-bond acceptors (Lipinski definition) is 3. The van der Waals surface area contributed by atoms with Gasteiger partial charge in [0.2, 0.25) is 0 Å². The van der Waals surface area contributed by atoms with Crippen LogP contribution in [0, 0.1) is 0 Å². The number of furan rings is 1. The maximum Gasteiger partial charge on any atom is 0.180 e. The third-order valence-corrected chi connectivity index (χ3v) is 10.1. The van der Waals surface area contributed by atoms with Gasteiger partial charge in [0.05, 0.1) is 22.1 Å². The van der Waals surface area contributed by atoms with Gasteiger partial charge in [-0.2, -0.15) is 0 Å². The van der Waals surface area contributed by atoms with Gasteiger partial charge in [-0.3, -0.25) is 0 Å². The molecule has 0 radical (unpaired) electrons. The topological polar surface area (TPSA) is 48.8 Å². The van der Waals surface area contributed by atoms with E-state index in [1.165, 1.54) is 32.6 Å². The van der Waals surface area contributed by atoms with Crippen LogP contribution in [-0.4, -0.2) is 19.1 Å². The number of nitrogens with zero attached hydrogens (tertiary/aromatic N) is 4. The molecular formula is C46H28N4O. The fourth-order valence-corrected chi connectivity index (χ4v) is 7.86. The SMILES string of the molecule is c1ccc(-c2nc(-c3ccccc3)c3oc4cc(-n5c6ccccc6c6cc(-n7c8ccccc8c8ccccc87)ccc65)ccc4c3n2)cc1. The molecule has 0 aliphatic carbocycles. The smallest absolute Gasteiger partial charge is 0.180 e. The Labute approximate surface area is 292 Å². The average Bonchev–Trinajstić information content (AvgIpc) is 3.85. The number of rotatable bonds is 4. The average molecular weight is 653 g/mol. The molecule has 4 heterocycles. The van der Waals surface area contributed by atoms with Crippen molar-refractivity contribution in [3.8, 4) is 34.0 Å². The predicted molar refractivity (Wildman–Crippen MR) is 209 cm³/mol. The van der Waals surface area contributed by atoms with Gasteiger partial charge in [-0.05, 0) is 48.5 Å². The van der Waals surface area contributed by atoms with Gasteiger partial charge in [-0.1, -0.05) is 115 Å². The Balaban J connectivity index is 1.13. The summed E-state index contributed by atoms with van der Waals surface area (Å²) in [5.41, 5.74) is 11.8. The zero-order valence-electron chi connectivity index (χ0n) is 27.4. The van der Waals surface area contributed by atoms with E-state index >= 15 is 0 Å². The van der Waals surface area contributed by atoms with E-state index in [-0.39, 0.29) is 0 Å². The largest absolute Gasteiger partial charge is 0.452 e. The summed E-state index contributed by atoms with van der Waals surface area (Å²) in [5.74, 6) is 0.676. The quantitative estimate of drug-likeness (QED) is 0.190.